The molecule has 0 spiro atoms. The van der Waals surface area contributed by atoms with Crippen LogP contribution in [0.5, 0.6) is 5.88 Å². The lowest BCUT2D eigenvalue weighted by atomic mass is 10.5. The highest BCUT2D eigenvalue weighted by Crippen LogP contribution is 2.15. The summed E-state index contributed by atoms with van der Waals surface area (Å²) in [4.78, 5) is 23.5. The Morgan fingerprint density at radius 1 is 1.61 bits per heavy atom. The van der Waals surface area contributed by atoms with Gasteiger partial charge in [0, 0.05) is 19.7 Å². The number of anilines is 1. The summed E-state index contributed by atoms with van der Waals surface area (Å²) in [6, 6.07) is 1.03. The number of urea groups is 1. The Hall–Kier alpha value is -2.25. The van der Waals surface area contributed by atoms with Gasteiger partial charge in [0.1, 0.15) is 6.54 Å². The summed E-state index contributed by atoms with van der Waals surface area (Å²) in [5.41, 5.74) is 0. The van der Waals surface area contributed by atoms with E-state index in [1.807, 2.05) is 0 Å². The molecule has 0 radical (unpaired) electrons. The van der Waals surface area contributed by atoms with Gasteiger partial charge in [-0.05, 0) is 6.92 Å². The van der Waals surface area contributed by atoms with Crippen molar-refractivity contribution in [2.45, 2.75) is 6.92 Å². The summed E-state index contributed by atoms with van der Waals surface area (Å²) >= 11 is 0. The molecular formula is C10H16N4O4. The second-order valence-corrected chi connectivity index (χ2v) is 3.53. The first-order chi connectivity index (χ1) is 8.47. The van der Waals surface area contributed by atoms with E-state index in [0.717, 1.165) is 4.90 Å². The minimum Gasteiger partial charge on any atom is -0.481 e. The number of aromatic nitrogens is 2. The molecule has 2 N–H and O–H groups in total. The normalized spacial score (nSPS) is 9.94. The lowest BCUT2D eigenvalue weighted by Crippen LogP contribution is -2.38. The Bertz CT molecular complexity index is 443. The number of aryl methyl sites for hydroxylation is 1. The molecule has 8 heteroatoms. The van der Waals surface area contributed by atoms with Crippen molar-refractivity contribution in [2.24, 2.45) is 7.05 Å². The predicted molar refractivity (Wildman–Crippen MR) is 63.7 cm³/mol. The number of aliphatic carboxylic acids is 1. The molecule has 8 nitrogen and oxygen atoms in total. The Kier molecular flexibility index (Phi) is 4.52. The molecule has 1 aromatic heterocycles. The molecule has 2 amide bonds. The van der Waals surface area contributed by atoms with E-state index in [9.17, 15) is 9.59 Å². The molecule has 1 aromatic rings. The van der Waals surface area contributed by atoms with E-state index >= 15 is 0 Å². The topological polar surface area (TPSA) is 96.7 Å². The van der Waals surface area contributed by atoms with Crippen LogP contribution in [0, 0.1) is 0 Å². The van der Waals surface area contributed by atoms with Gasteiger partial charge in [0.2, 0.25) is 5.88 Å². The zero-order valence-corrected chi connectivity index (χ0v) is 10.5. The quantitative estimate of drug-likeness (QED) is 0.793. The van der Waals surface area contributed by atoms with E-state index in [0.29, 0.717) is 18.2 Å². The first-order valence-electron chi connectivity index (χ1n) is 5.33. The maximum absolute atomic E-state index is 11.7. The molecular weight excluding hydrogens is 240 g/mol. The zero-order valence-electron chi connectivity index (χ0n) is 10.5. The monoisotopic (exact) mass is 256 g/mol. The number of methoxy groups -OCH3 is 1. The van der Waals surface area contributed by atoms with E-state index in [-0.39, 0.29) is 6.54 Å². The number of carbonyl (C=O) groups is 2. The van der Waals surface area contributed by atoms with E-state index in [1.165, 1.54) is 11.8 Å². The van der Waals surface area contributed by atoms with Crippen LogP contribution >= 0.6 is 0 Å². The lowest BCUT2D eigenvalue weighted by molar-refractivity contribution is -0.137. The maximum Gasteiger partial charge on any atom is 0.323 e. The summed E-state index contributed by atoms with van der Waals surface area (Å²) in [5.74, 6) is -0.264. The largest absolute Gasteiger partial charge is 0.481 e. The van der Waals surface area contributed by atoms with E-state index in [1.54, 1.807) is 20.0 Å². The van der Waals surface area contributed by atoms with Gasteiger partial charge in [0.15, 0.2) is 5.82 Å². The van der Waals surface area contributed by atoms with Crippen LogP contribution in [0.1, 0.15) is 6.92 Å². The summed E-state index contributed by atoms with van der Waals surface area (Å²) in [5, 5.41) is 15.2. The van der Waals surface area contributed by atoms with Gasteiger partial charge in [-0.15, -0.1) is 0 Å². The number of ether oxygens (including phenoxy) is 1. The molecule has 18 heavy (non-hydrogen) atoms. The summed E-state index contributed by atoms with van der Waals surface area (Å²) < 4.78 is 6.46. The first-order valence-corrected chi connectivity index (χ1v) is 5.33. The number of likely N-dealkylation sites (N-methyl/N-ethyl adjacent to an activating group) is 1. The highest BCUT2D eigenvalue weighted by atomic mass is 16.5. The second-order valence-electron chi connectivity index (χ2n) is 3.53. The number of nitrogens with zero attached hydrogens (tertiary/aromatic N) is 3. The molecule has 0 saturated carbocycles. The molecule has 0 fully saturated rings. The van der Waals surface area contributed by atoms with Gasteiger partial charge < -0.3 is 14.7 Å². The number of nitrogens with one attached hydrogen (secondary N) is 1. The molecule has 0 unspecified atom stereocenters. The van der Waals surface area contributed by atoms with Gasteiger partial charge in [-0.1, -0.05) is 0 Å². The van der Waals surface area contributed by atoms with Gasteiger partial charge in [-0.3, -0.25) is 10.1 Å². The number of rotatable bonds is 5. The van der Waals surface area contributed by atoms with Crippen molar-refractivity contribution in [3.8, 4) is 5.88 Å². The molecule has 1 heterocycles. The third kappa shape index (κ3) is 3.37. The predicted octanol–water partition coefficient (Wildman–Crippen LogP) is 0.367. The minimum atomic E-state index is -1.06. The number of hydrogen-bond donors (Lipinski definition) is 2. The standard InChI is InChI=1S/C10H16N4O4/c1-4-14(6-9(15)16)10(17)11-7-5-8(18-3)13(2)12-7/h5H,4,6H2,1-3H3,(H,15,16)(H,11,12,17). The fourth-order valence-corrected chi connectivity index (χ4v) is 1.38. The Morgan fingerprint density at radius 2 is 2.28 bits per heavy atom. The molecule has 0 bridgehead atoms. The van der Waals surface area contributed by atoms with Crippen LogP contribution in [-0.2, 0) is 11.8 Å². The maximum atomic E-state index is 11.7. The molecule has 0 aromatic carbocycles. The van der Waals surface area contributed by atoms with Crippen molar-refractivity contribution < 1.29 is 19.4 Å². The van der Waals surface area contributed by atoms with Crippen molar-refractivity contribution in [1.29, 1.82) is 0 Å². The molecule has 1 rings (SSSR count). The van der Waals surface area contributed by atoms with E-state index < -0.39 is 12.0 Å². The zero-order chi connectivity index (χ0) is 13.7. The van der Waals surface area contributed by atoms with Gasteiger partial charge >= 0.3 is 12.0 Å². The van der Waals surface area contributed by atoms with Crippen LogP contribution in [0.3, 0.4) is 0 Å². The van der Waals surface area contributed by atoms with Gasteiger partial charge in [0.25, 0.3) is 0 Å². The number of hydrogen-bond acceptors (Lipinski definition) is 4. The van der Waals surface area contributed by atoms with Crippen LogP contribution in [0.15, 0.2) is 6.07 Å². The van der Waals surface area contributed by atoms with Crippen LogP contribution in [0.4, 0.5) is 10.6 Å². The number of carboxylic acids is 1. The van der Waals surface area contributed by atoms with Gasteiger partial charge in [-0.25, -0.2) is 9.48 Å². The van der Waals surface area contributed by atoms with E-state index in [4.69, 9.17) is 9.84 Å². The van der Waals surface area contributed by atoms with Crippen molar-refractivity contribution >= 4 is 17.8 Å². The fourth-order valence-electron chi connectivity index (χ4n) is 1.38. The van der Waals surface area contributed by atoms with Gasteiger partial charge in [-0.2, -0.15) is 5.10 Å². The average Bonchev–Trinajstić information content (AvgIpc) is 2.65. The summed E-state index contributed by atoms with van der Waals surface area (Å²) in [6.07, 6.45) is 0. The summed E-state index contributed by atoms with van der Waals surface area (Å²) in [6.45, 7) is 1.63. The molecule has 0 aliphatic carbocycles. The highest BCUT2D eigenvalue weighted by Gasteiger charge is 2.16. The lowest BCUT2D eigenvalue weighted by Gasteiger charge is -2.17. The molecule has 0 aliphatic heterocycles. The number of amides is 2. The Balaban J connectivity index is 2.70. The van der Waals surface area contributed by atoms with Crippen molar-refractivity contribution in [2.75, 3.05) is 25.5 Å². The molecule has 100 valence electrons. The molecule has 0 atom stereocenters. The van der Waals surface area contributed by atoms with Crippen LogP contribution in [-0.4, -0.2) is 52.0 Å². The van der Waals surface area contributed by atoms with Crippen molar-refractivity contribution in [3.05, 3.63) is 6.07 Å². The molecule has 0 aliphatic rings. The number of carboxylic acid groups (broad SMARTS) is 1. The number of carbonyl (C=O) groups excluding carboxylic acids is 1. The Labute approximate surface area is 104 Å². The third-order valence-corrected chi connectivity index (χ3v) is 2.28. The molecule has 0 saturated heterocycles. The smallest absolute Gasteiger partial charge is 0.323 e. The van der Waals surface area contributed by atoms with Crippen LogP contribution < -0.4 is 10.1 Å². The summed E-state index contributed by atoms with van der Waals surface area (Å²) in [7, 11) is 3.16. The average molecular weight is 256 g/mol. The third-order valence-electron chi connectivity index (χ3n) is 2.28. The minimum absolute atomic E-state index is 0.294. The van der Waals surface area contributed by atoms with Crippen LogP contribution in [0.25, 0.3) is 0 Å². The van der Waals surface area contributed by atoms with Gasteiger partial charge in [0.05, 0.1) is 7.11 Å². The Morgan fingerprint density at radius 3 is 2.72 bits per heavy atom. The highest BCUT2D eigenvalue weighted by molar-refractivity contribution is 5.90. The first kappa shape index (κ1) is 13.8. The van der Waals surface area contributed by atoms with E-state index in [2.05, 4.69) is 10.4 Å². The fraction of sp³-hybridized carbons (Fsp3) is 0.500. The van der Waals surface area contributed by atoms with Crippen molar-refractivity contribution in [1.82, 2.24) is 14.7 Å². The van der Waals surface area contributed by atoms with Crippen LogP contribution in [0.2, 0.25) is 0 Å². The van der Waals surface area contributed by atoms with Crippen molar-refractivity contribution in [3.63, 3.8) is 0 Å². The second kappa shape index (κ2) is 5.89. The SMILES string of the molecule is CCN(CC(=O)O)C(=O)Nc1cc(OC)n(C)n1.